The number of aromatic nitrogens is 1. The minimum absolute atomic E-state index is 0. The van der Waals surface area contributed by atoms with Crippen molar-refractivity contribution in [3.05, 3.63) is 59.5 Å². The van der Waals surface area contributed by atoms with E-state index in [1.54, 1.807) is 30.3 Å². The van der Waals surface area contributed by atoms with Gasteiger partial charge in [0.25, 0.3) is 0 Å². The van der Waals surface area contributed by atoms with Gasteiger partial charge in [-0.25, -0.2) is 4.98 Å². The van der Waals surface area contributed by atoms with Crippen molar-refractivity contribution in [1.29, 1.82) is 0 Å². The number of aryl methyl sites for hydroxylation is 1. The Morgan fingerprint density at radius 3 is 2.90 bits per heavy atom. The van der Waals surface area contributed by atoms with Crippen molar-refractivity contribution >= 4 is 28.8 Å². The van der Waals surface area contributed by atoms with Crippen LogP contribution in [0.2, 0.25) is 0 Å². The van der Waals surface area contributed by atoms with Gasteiger partial charge in [0.2, 0.25) is 5.91 Å². The highest BCUT2D eigenvalue weighted by Crippen LogP contribution is 2.32. The molecule has 158 valence electrons. The third-order valence-corrected chi connectivity index (χ3v) is 5.06. The summed E-state index contributed by atoms with van der Waals surface area (Å²) in [7, 11) is 1.76. The van der Waals surface area contributed by atoms with E-state index in [2.05, 4.69) is 10.3 Å². The lowest BCUT2D eigenvalue weighted by molar-refractivity contribution is -0.125. The molecule has 3 heterocycles. The number of halogens is 1. The summed E-state index contributed by atoms with van der Waals surface area (Å²) in [6.45, 7) is 7.16. The molecule has 0 fully saturated rings. The monoisotopic (exact) mass is 427 g/mol. The van der Waals surface area contributed by atoms with Gasteiger partial charge in [0.05, 0.1) is 13.1 Å². The van der Waals surface area contributed by atoms with Crippen LogP contribution in [0.25, 0.3) is 17.0 Å². The van der Waals surface area contributed by atoms with Gasteiger partial charge in [-0.3, -0.25) is 4.79 Å². The first-order valence-electron chi connectivity index (χ1n) is 9.65. The van der Waals surface area contributed by atoms with Crippen LogP contribution in [0.4, 0.5) is 5.82 Å². The Bertz CT molecular complexity index is 1110. The van der Waals surface area contributed by atoms with Gasteiger partial charge in [-0.2, -0.15) is 0 Å². The van der Waals surface area contributed by atoms with E-state index in [9.17, 15) is 4.79 Å². The number of hydrogen-bond acceptors (Lipinski definition) is 5. The lowest BCUT2D eigenvalue weighted by atomic mass is 10.1. The number of carbonyl (C=O) groups excluding carboxylic acids is 1. The van der Waals surface area contributed by atoms with E-state index in [4.69, 9.17) is 9.15 Å². The smallest absolute Gasteiger partial charge is 1.00 e. The van der Waals surface area contributed by atoms with E-state index in [1.165, 1.54) is 0 Å². The summed E-state index contributed by atoms with van der Waals surface area (Å²) in [4.78, 5) is 18.6. The number of pyridine rings is 1. The van der Waals surface area contributed by atoms with E-state index >= 15 is 0 Å². The fourth-order valence-electron chi connectivity index (χ4n) is 3.36. The largest absolute Gasteiger partial charge is 1.00 e. The Balaban J connectivity index is 0.00000171. The highest BCUT2D eigenvalue weighted by Gasteiger charge is 2.27. The Morgan fingerprint density at radius 2 is 2.13 bits per heavy atom. The average Bonchev–Trinajstić information content (AvgIpc) is 3.00. The van der Waals surface area contributed by atoms with Gasteiger partial charge < -0.3 is 31.8 Å². The highest BCUT2D eigenvalue weighted by atomic mass is 35.5. The fourth-order valence-corrected chi connectivity index (χ4v) is 3.36. The molecule has 7 heteroatoms. The van der Waals surface area contributed by atoms with Crippen molar-refractivity contribution in [3.63, 3.8) is 0 Å². The normalized spacial score (nSPS) is 14.5. The van der Waals surface area contributed by atoms with Gasteiger partial charge >= 0.3 is 1.43 Å². The number of nitrogens with one attached hydrogen (secondary N) is 1. The van der Waals surface area contributed by atoms with Crippen LogP contribution in [0.15, 0.2) is 47.0 Å². The molecular weight excluding hydrogens is 402 g/mol. The lowest BCUT2D eigenvalue weighted by Gasteiger charge is -2.32. The first-order valence-corrected chi connectivity index (χ1v) is 9.65. The maximum atomic E-state index is 12.6. The van der Waals surface area contributed by atoms with Crippen molar-refractivity contribution in [2.24, 2.45) is 0 Å². The summed E-state index contributed by atoms with van der Waals surface area (Å²) in [6.07, 6.45) is 5.02. The fraction of sp³-hybridized carbons (Fsp3) is 0.304. The van der Waals surface area contributed by atoms with Crippen LogP contribution in [0.3, 0.4) is 0 Å². The predicted molar refractivity (Wildman–Crippen MR) is 115 cm³/mol. The number of amides is 1. The maximum absolute atomic E-state index is 12.6. The molecule has 3 aromatic rings. The second-order valence-corrected chi connectivity index (χ2v) is 8.00. The molecule has 1 N–H and O–H groups in total. The second kappa shape index (κ2) is 8.40. The van der Waals surface area contributed by atoms with E-state index in [0.717, 1.165) is 33.7 Å². The Labute approximate surface area is 183 Å². The van der Waals surface area contributed by atoms with Gasteiger partial charge in [-0.15, -0.1) is 0 Å². The summed E-state index contributed by atoms with van der Waals surface area (Å²) in [5, 5.41) is 4.34. The third-order valence-electron chi connectivity index (χ3n) is 5.06. The number of anilines is 1. The van der Waals surface area contributed by atoms with Gasteiger partial charge in [0, 0.05) is 30.3 Å². The number of para-hydroxylation sites is 1. The van der Waals surface area contributed by atoms with Crippen molar-refractivity contribution in [2.75, 3.05) is 18.9 Å². The SMILES string of the molecule is Cc1c(CN(C)C(=O)/C=C/c2cnc3c(c2)OC(C)(C)CN3)oc2ccccc12.[Cl-].[H+]. The number of benzene rings is 1. The van der Waals surface area contributed by atoms with Gasteiger partial charge in [-0.1, -0.05) is 18.2 Å². The van der Waals surface area contributed by atoms with E-state index in [1.807, 2.05) is 51.1 Å². The lowest BCUT2D eigenvalue weighted by Crippen LogP contribution is -3.00. The van der Waals surface area contributed by atoms with E-state index < -0.39 is 0 Å². The molecular formula is C23H26ClN3O3. The van der Waals surface area contributed by atoms with Crippen LogP contribution in [0.1, 0.15) is 32.2 Å². The number of nitrogens with zero attached hydrogens (tertiary/aromatic N) is 2. The number of likely N-dealkylation sites (N-methyl/N-ethyl adjacent to an activating group) is 1. The zero-order valence-electron chi connectivity index (χ0n) is 18.5. The number of fused-ring (bicyclic) bond motifs is 2. The van der Waals surface area contributed by atoms with Crippen LogP contribution in [-0.2, 0) is 11.3 Å². The molecule has 0 saturated heterocycles. The summed E-state index contributed by atoms with van der Waals surface area (Å²) < 4.78 is 11.9. The topological polar surface area (TPSA) is 67.6 Å². The van der Waals surface area contributed by atoms with Gasteiger partial charge in [0.15, 0.2) is 11.6 Å². The summed E-state index contributed by atoms with van der Waals surface area (Å²) in [6, 6.07) is 9.79. The molecule has 1 aromatic carbocycles. The molecule has 0 unspecified atom stereocenters. The molecule has 0 saturated carbocycles. The average molecular weight is 428 g/mol. The van der Waals surface area contributed by atoms with Gasteiger partial charge in [-0.05, 0) is 44.5 Å². The van der Waals surface area contributed by atoms with E-state index in [-0.39, 0.29) is 25.3 Å². The zero-order chi connectivity index (χ0) is 20.6. The molecule has 0 radical (unpaired) electrons. The molecule has 2 aromatic heterocycles. The Hall–Kier alpha value is -2.99. The standard InChI is InChI=1S/C23H25N3O3.ClH/c1-15-17-7-5-6-8-18(17)28-20(15)13-26(4)21(27)10-9-16-11-19-22(24-12-16)25-14-23(2,3)29-19;/h5-12H,13-14H2,1-4H3,(H,24,25);1H/b10-9+;. The zero-order valence-corrected chi connectivity index (χ0v) is 18.3. The van der Waals surface area contributed by atoms with Crippen LogP contribution in [0.5, 0.6) is 5.75 Å². The molecule has 1 amide bonds. The van der Waals surface area contributed by atoms with Gasteiger partial charge in [0.1, 0.15) is 16.9 Å². The number of hydrogen-bond donors (Lipinski definition) is 1. The number of rotatable bonds is 4. The molecule has 0 bridgehead atoms. The first-order chi connectivity index (χ1) is 13.8. The second-order valence-electron chi connectivity index (χ2n) is 8.00. The summed E-state index contributed by atoms with van der Waals surface area (Å²) in [5.74, 6) is 2.11. The van der Waals surface area contributed by atoms with Crippen LogP contribution >= 0.6 is 0 Å². The van der Waals surface area contributed by atoms with Crippen molar-refractivity contribution < 1.29 is 27.8 Å². The number of ether oxygens (including phenoxy) is 1. The molecule has 1 aliphatic rings. The van der Waals surface area contributed by atoms with Crippen molar-refractivity contribution in [1.82, 2.24) is 9.88 Å². The summed E-state index contributed by atoms with van der Waals surface area (Å²) in [5.41, 5.74) is 2.42. The third kappa shape index (κ3) is 4.44. The van der Waals surface area contributed by atoms with Crippen LogP contribution in [-0.4, -0.2) is 35.0 Å². The number of carbonyl (C=O) groups is 1. The first kappa shape index (κ1) is 21.7. The maximum Gasteiger partial charge on any atom is 1.00 e. The quantitative estimate of drug-likeness (QED) is 0.639. The highest BCUT2D eigenvalue weighted by molar-refractivity contribution is 5.91. The van der Waals surface area contributed by atoms with Crippen molar-refractivity contribution in [2.45, 2.75) is 32.9 Å². The number of furan rings is 1. The van der Waals surface area contributed by atoms with Crippen LogP contribution in [0, 0.1) is 6.92 Å². The molecule has 0 atom stereocenters. The molecule has 30 heavy (non-hydrogen) atoms. The minimum Gasteiger partial charge on any atom is -1.00 e. The predicted octanol–water partition coefficient (Wildman–Crippen LogP) is 1.51. The van der Waals surface area contributed by atoms with Crippen molar-refractivity contribution in [3.8, 4) is 5.75 Å². The molecule has 6 nitrogen and oxygen atoms in total. The van der Waals surface area contributed by atoms with Crippen LogP contribution < -0.4 is 22.5 Å². The summed E-state index contributed by atoms with van der Waals surface area (Å²) >= 11 is 0. The molecule has 0 spiro atoms. The molecule has 0 aliphatic carbocycles. The minimum atomic E-state index is -0.294. The van der Waals surface area contributed by atoms with E-state index in [0.29, 0.717) is 18.8 Å². The Morgan fingerprint density at radius 1 is 1.37 bits per heavy atom. The molecule has 1 aliphatic heterocycles. The Kier molecular flexibility index (Phi) is 6.08. The molecule has 4 rings (SSSR count).